The van der Waals surface area contributed by atoms with Crippen LogP contribution in [0, 0.1) is 0 Å². The lowest BCUT2D eigenvalue weighted by molar-refractivity contribution is 0.0706. The van der Waals surface area contributed by atoms with Crippen LogP contribution in [0.4, 0.5) is 11.4 Å². The summed E-state index contributed by atoms with van der Waals surface area (Å²) in [6.45, 7) is 0. The van der Waals surface area contributed by atoms with Gasteiger partial charge in [-0.1, -0.05) is 35.3 Å². The largest absolute Gasteiger partial charge is 0.322 e. The zero-order valence-corrected chi connectivity index (χ0v) is 21.1. The minimum atomic E-state index is -4.10. The Hall–Kier alpha value is -3.96. The van der Waals surface area contributed by atoms with E-state index >= 15 is 0 Å². The van der Waals surface area contributed by atoms with Crippen LogP contribution in [0.2, 0.25) is 10.0 Å². The molecule has 1 aromatic heterocycles. The zero-order valence-electron chi connectivity index (χ0n) is 18.8. The Morgan fingerprint density at radius 2 is 1.59 bits per heavy atom. The predicted octanol–water partition coefficient (Wildman–Crippen LogP) is 5.23. The molecule has 0 radical (unpaired) electrons. The van der Waals surface area contributed by atoms with Crippen molar-refractivity contribution in [2.75, 3.05) is 10.0 Å². The van der Waals surface area contributed by atoms with Crippen molar-refractivity contribution in [3.63, 3.8) is 0 Å². The van der Waals surface area contributed by atoms with E-state index in [1.54, 1.807) is 36.5 Å². The number of hydrogen-bond acceptors (Lipinski definition) is 6. The fraction of sp³-hybridized carbons (Fsp3) is 0. The summed E-state index contributed by atoms with van der Waals surface area (Å²) < 4.78 is 27.9. The molecule has 0 aliphatic rings. The molecule has 0 saturated carbocycles. The average molecular weight is 557 g/mol. The minimum absolute atomic E-state index is 0.00465. The van der Waals surface area contributed by atoms with Crippen LogP contribution in [0.5, 0.6) is 0 Å². The van der Waals surface area contributed by atoms with E-state index in [0.29, 0.717) is 22.0 Å². The zero-order chi connectivity index (χ0) is 26.6. The molecule has 4 aromatic rings. The fourth-order valence-electron chi connectivity index (χ4n) is 3.37. The van der Waals surface area contributed by atoms with Gasteiger partial charge >= 0.3 is 0 Å². The van der Waals surface area contributed by atoms with Crippen LogP contribution < -0.4 is 15.5 Å². The highest BCUT2D eigenvalue weighted by Gasteiger charge is 2.18. The minimum Gasteiger partial charge on any atom is -0.322 e. The van der Waals surface area contributed by atoms with E-state index < -0.39 is 21.8 Å². The van der Waals surface area contributed by atoms with Gasteiger partial charge in [0.05, 0.1) is 31.9 Å². The number of hydroxylamine groups is 1. The first kappa shape index (κ1) is 26.1. The first-order valence-corrected chi connectivity index (χ1v) is 12.8. The number of sulfonamides is 1. The molecule has 0 atom stereocenters. The fourth-order valence-corrected chi connectivity index (χ4v) is 4.94. The number of amides is 2. The third-order valence-electron chi connectivity index (χ3n) is 5.14. The average Bonchev–Trinajstić information content (AvgIpc) is 2.89. The maximum absolute atomic E-state index is 12.9. The van der Waals surface area contributed by atoms with Crippen molar-refractivity contribution < 1.29 is 23.2 Å². The van der Waals surface area contributed by atoms with Gasteiger partial charge in [0.25, 0.3) is 21.8 Å². The summed E-state index contributed by atoms with van der Waals surface area (Å²) in [5.41, 5.74) is 3.34. The number of anilines is 2. The molecule has 4 N–H and O–H groups in total. The molecule has 1 heterocycles. The Bertz CT molecular complexity index is 1600. The van der Waals surface area contributed by atoms with Crippen LogP contribution in [0.1, 0.15) is 20.7 Å². The lowest BCUT2D eigenvalue weighted by Crippen LogP contribution is -2.20. The van der Waals surface area contributed by atoms with E-state index in [4.69, 9.17) is 28.4 Å². The molecule has 3 aromatic carbocycles. The van der Waals surface area contributed by atoms with Crippen molar-refractivity contribution in [3.8, 4) is 11.3 Å². The van der Waals surface area contributed by atoms with Crippen LogP contribution >= 0.6 is 23.2 Å². The molecule has 4 rings (SSSR count). The molecule has 37 heavy (non-hydrogen) atoms. The van der Waals surface area contributed by atoms with Gasteiger partial charge in [0.2, 0.25) is 0 Å². The Kier molecular flexibility index (Phi) is 7.74. The topological polar surface area (TPSA) is 137 Å². The highest BCUT2D eigenvalue weighted by atomic mass is 35.5. The van der Waals surface area contributed by atoms with Gasteiger partial charge < -0.3 is 5.32 Å². The van der Waals surface area contributed by atoms with Crippen LogP contribution in [-0.4, -0.2) is 30.4 Å². The summed E-state index contributed by atoms with van der Waals surface area (Å²) >= 11 is 12.6. The van der Waals surface area contributed by atoms with Gasteiger partial charge in [0, 0.05) is 23.0 Å². The molecule has 0 spiro atoms. The van der Waals surface area contributed by atoms with Gasteiger partial charge in [0.1, 0.15) is 0 Å². The van der Waals surface area contributed by atoms with Crippen molar-refractivity contribution in [2.24, 2.45) is 0 Å². The molecule has 0 aliphatic heterocycles. The molecule has 0 saturated heterocycles. The summed E-state index contributed by atoms with van der Waals surface area (Å²) in [6, 6.07) is 19.5. The van der Waals surface area contributed by atoms with Crippen molar-refractivity contribution >= 4 is 56.4 Å². The third-order valence-corrected chi connectivity index (χ3v) is 7.16. The highest BCUT2D eigenvalue weighted by molar-refractivity contribution is 7.92. The van der Waals surface area contributed by atoms with Gasteiger partial charge in [-0.3, -0.25) is 24.5 Å². The van der Waals surface area contributed by atoms with Crippen molar-refractivity contribution in [1.82, 2.24) is 10.5 Å². The molecule has 0 aliphatic carbocycles. The molecule has 188 valence electrons. The van der Waals surface area contributed by atoms with E-state index in [-0.39, 0.29) is 26.7 Å². The smallest absolute Gasteiger partial charge is 0.274 e. The number of hydrogen-bond donors (Lipinski definition) is 4. The Balaban J connectivity index is 1.52. The normalized spacial score (nSPS) is 11.0. The number of carbonyl (C=O) groups is 2. The molecule has 2 amide bonds. The maximum atomic E-state index is 12.9. The SMILES string of the molecule is O=C(NO)c1cccc(S(=O)(=O)Nc2ccc(C(=O)Nc3ccc(Cl)c(-c4ccccn4)c3)c(Cl)c2)c1. The van der Waals surface area contributed by atoms with Gasteiger partial charge in [-0.25, -0.2) is 13.9 Å². The molecule has 9 nitrogen and oxygen atoms in total. The second-order valence-corrected chi connectivity index (χ2v) is 10.1. The van der Waals surface area contributed by atoms with Crippen molar-refractivity contribution in [3.05, 3.63) is 106 Å². The molecule has 0 fully saturated rings. The molecule has 0 bridgehead atoms. The summed E-state index contributed by atoms with van der Waals surface area (Å²) in [5, 5.41) is 12.0. The van der Waals surface area contributed by atoms with Gasteiger partial charge in [-0.15, -0.1) is 0 Å². The Labute approximate surface area is 222 Å². The number of aromatic nitrogens is 1. The summed E-state index contributed by atoms with van der Waals surface area (Å²) in [7, 11) is -4.10. The van der Waals surface area contributed by atoms with Crippen LogP contribution in [-0.2, 0) is 10.0 Å². The number of benzene rings is 3. The van der Waals surface area contributed by atoms with Crippen LogP contribution in [0.3, 0.4) is 0 Å². The van der Waals surface area contributed by atoms with Crippen molar-refractivity contribution in [2.45, 2.75) is 4.90 Å². The summed E-state index contributed by atoms with van der Waals surface area (Å²) in [6.07, 6.45) is 1.63. The summed E-state index contributed by atoms with van der Waals surface area (Å²) in [5.74, 6) is -1.38. The summed E-state index contributed by atoms with van der Waals surface area (Å²) in [4.78, 5) is 28.5. The number of rotatable bonds is 7. The Morgan fingerprint density at radius 1 is 0.811 bits per heavy atom. The number of nitrogens with zero attached hydrogens (tertiary/aromatic N) is 1. The number of halogens is 2. The highest BCUT2D eigenvalue weighted by Crippen LogP contribution is 2.30. The lowest BCUT2D eigenvalue weighted by Gasteiger charge is -2.12. The van der Waals surface area contributed by atoms with Crippen LogP contribution in [0.15, 0.2) is 90.0 Å². The van der Waals surface area contributed by atoms with Crippen LogP contribution in [0.25, 0.3) is 11.3 Å². The van der Waals surface area contributed by atoms with Crippen molar-refractivity contribution in [1.29, 1.82) is 0 Å². The second kappa shape index (κ2) is 11.0. The number of carbonyl (C=O) groups excluding carboxylic acids is 2. The molecular formula is C25H18Cl2N4O5S. The number of nitrogens with one attached hydrogen (secondary N) is 3. The van der Waals surface area contributed by atoms with Gasteiger partial charge in [-0.05, 0) is 66.7 Å². The standard InChI is InChI=1S/C25H18Cl2N4O5S/c26-21-10-8-16(13-20(21)23-6-1-2-11-28-23)29-25(33)19-9-7-17(14-22(19)27)31-37(35,36)18-5-3-4-15(12-18)24(32)30-34/h1-14,31,34H,(H,29,33)(H,30,32). The van der Waals surface area contributed by atoms with E-state index in [1.807, 2.05) is 6.07 Å². The van der Waals surface area contributed by atoms with Gasteiger partial charge in [0.15, 0.2) is 0 Å². The van der Waals surface area contributed by atoms with E-state index in [2.05, 4.69) is 15.0 Å². The Morgan fingerprint density at radius 3 is 2.30 bits per heavy atom. The first-order valence-electron chi connectivity index (χ1n) is 10.6. The predicted molar refractivity (Wildman–Crippen MR) is 141 cm³/mol. The first-order chi connectivity index (χ1) is 17.7. The third kappa shape index (κ3) is 6.07. The molecule has 0 unspecified atom stereocenters. The van der Waals surface area contributed by atoms with E-state index in [0.717, 1.165) is 6.07 Å². The monoisotopic (exact) mass is 556 g/mol. The van der Waals surface area contributed by atoms with Gasteiger partial charge in [-0.2, -0.15) is 0 Å². The molecule has 12 heteroatoms. The molecular weight excluding hydrogens is 539 g/mol. The van der Waals surface area contributed by atoms with E-state index in [9.17, 15) is 18.0 Å². The quantitative estimate of drug-likeness (QED) is 0.182. The maximum Gasteiger partial charge on any atom is 0.274 e. The number of pyridine rings is 1. The van der Waals surface area contributed by atoms with E-state index in [1.165, 1.54) is 41.9 Å². The lowest BCUT2D eigenvalue weighted by atomic mass is 10.1. The second-order valence-electron chi connectivity index (χ2n) is 7.63.